The van der Waals surface area contributed by atoms with Gasteiger partial charge in [-0.1, -0.05) is 11.6 Å². The molecule has 1 unspecified atom stereocenters. The second kappa shape index (κ2) is 7.67. The number of rotatable bonds is 3. The molecule has 7 nitrogen and oxygen atoms in total. The van der Waals surface area contributed by atoms with Crippen molar-refractivity contribution in [3.63, 3.8) is 0 Å². The maximum absolute atomic E-state index is 14.1. The number of carbonyl (C=O) groups excluding carboxylic acids is 1. The Balaban J connectivity index is 1.25. The number of amides is 1. The predicted molar refractivity (Wildman–Crippen MR) is 121 cm³/mol. The van der Waals surface area contributed by atoms with E-state index in [1.807, 2.05) is 6.92 Å². The molecule has 0 saturated carbocycles. The van der Waals surface area contributed by atoms with Gasteiger partial charge in [-0.05, 0) is 51.8 Å². The number of carbonyl (C=O) groups is 1. The fourth-order valence-electron chi connectivity index (χ4n) is 5.57. The van der Waals surface area contributed by atoms with E-state index in [9.17, 15) is 9.18 Å². The molecule has 172 valence electrons. The van der Waals surface area contributed by atoms with Gasteiger partial charge in [-0.15, -0.1) is 0 Å². The van der Waals surface area contributed by atoms with Gasteiger partial charge in [0.2, 0.25) is 0 Å². The molecule has 0 aliphatic carbocycles. The van der Waals surface area contributed by atoms with E-state index >= 15 is 0 Å². The van der Waals surface area contributed by atoms with Crippen molar-refractivity contribution in [2.24, 2.45) is 0 Å². The lowest BCUT2D eigenvalue weighted by Gasteiger charge is -2.36. The molecule has 3 aliphatic heterocycles. The van der Waals surface area contributed by atoms with Crippen LogP contribution in [0.3, 0.4) is 0 Å². The number of aryl methyl sites for hydroxylation is 1. The fraction of sp³-hybridized carbons (Fsp3) is 0.458. The third kappa shape index (κ3) is 3.47. The van der Waals surface area contributed by atoms with Crippen LogP contribution in [0.1, 0.15) is 53.0 Å². The van der Waals surface area contributed by atoms with Crippen molar-refractivity contribution < 1.29 is 13.9 Å². The molecule has 6 rings (SSSR count). The van der Waals surface area contributed by atoms with Gasteiger partial charge in [0, 0.05) is 23.7 Å². The molecule has 5 heterocycles. The van der Waals surface area contributed by atoms with Crippen LogP contribution < -0.4 is 4.74 Å². The SMILES string of the molecule is Cc1nc2c3c(nn2cc1Cl)CN(C(=O)c1ccc(F)cc1OC1C[C@H]2CC[C@@H](C1)N2C)C3. The van der Waals surface area contributed by atoms with Crippen LogP contribution in [0.4, 0.5) is 4.39 Å². The Bertz CT molecular complexity index is 1260. The first-order chi connectivity index (χ1) is 15.9. The number of fused-ring (bicyclic) bond motifs is 5. The predicted octanol–water partition coefficient (Wildman–Crippen LogP) is 3.99. The molecule has 2 aromatic heterocycles. The molecule has 0 spiro atoms. The summed E-state index contributed by atoms with van der Waals surface area (Å²) in [5.41, 5.74) is 3.53. The molecule has 3 aliphatic rings. The van der Waals surface area contributed by atoms with Gasteiger partial charge in [0.15, 0.2) is 5.65 Å². The van der Waals surface area contributed by atoms with Gasteiger partial charge < -0.3 is 14.5 Å². The summed E-state index contributed by atoms with van der Waals surface area (Å²) in [5, 5.41) is 5.11. The average Bonchev–Trinajstić information content (AvgIpc) is 3.37. The molecule has 33 heavy (non-hydrogen) atoms. The van der Waals surface area contributed by atoms with Crippen LogP contribution in [0.15, 0.2) is 24.4 Å². The minimum atomic E-state index is -0.406. The summed E-state index contributed by atoms with van der Waals surface area (Å²) in [6.45, 7) is 2.60. The van der Waals surface area contributed by atoms with Gasteiger partial charge in [-0.25, -0.2) is 13.9 Å². The number of benzene rings is 1. The molecule has 2 bridgehead atoms. The number of ether oxygens (including phenoxy) is 1. The molecule has 1 aromatic carbocycles. The Morgan fingerprint density at radius 1 is 1.21 bits per heavy atom. The topological polar surface area (TPSA) is 63.0 Å². The highest BCUT2D eigenvalue weighted by Crippen LogP contribution is 2.37. The summed E-state index contributed by atoms with van der Waals surface area (Å²) in [6.07, 6.45) is 5.87. The number of hydrogen-bond donors (Lipinski definition) is 0. The van der Waals surface area contributed by atoms with Crippen LogP contribution in [0.25, 0.3) is 5.65 Å². The zero-order valence-electron chi connectivity index (χ0n) is 18.6. The highest BCUT2D eigenvalue weighted by Gasteiger charge is 2.40. The lowest BCUT2D eigenvalue weighted by Crippen LogP contribution is -2.44. The largest absolute Gasteiger partial charge is 0.489 e. The number of aromatic nitrogens is 3. The van der Waals surface area contributed by atoms with Crippen molar-refractivity contribution in [1.29, 1.82) is 0 Å². The summed E-state index contributed by atoms with van der Waals surface area (Å²) in [7, 11) is 2.17. The average molecular weight is 470 g/mol. The second-order valence-corrected chi connectivity index (χ2v) is 9.84. The molecule has 9 heteroatoms. The number of hydrogen-bond acceptors (Lipinski definition) is 5. The van der Waals surface area contributed by atoms with E-state index in [-0.39, 0.29) is 12.0 Å². The first kappa shape index (κ1) is 20.9. The first-order valence-electron chi connectivity index (χ1n) is 11.4. The van der Waals surface area contributed by atoms with Crippen molar-refractivity contribution in [2.45, 2.75) is 63.9 Å². The maximum Gasteiger partial charge on any atom is 0.258 e. The van der Waals surface area contributed by atoms with Gasteiger partial charge in [-0.2, -0.15) is 5.10 Å². The quantitative estimate of drug-likeness (QED) is 0.580. The molecule has 0 radical (unpaired) electrons. The van der Waals surface area contributed by atoms with Crippen LogP contribution in [0, 0.1) is 12.7 Å². The molecule has 1 amide bonds. The Hall–Kier alpha value is -2.71. The van der Waals surface area contributed by atoms with Crippen LogP contribution in [-0.4, -0.2) is 55.5 Å². The Kier molecular flexibility index (Phi) is 4.85. The van der Waals surface area contributed by atoms with Gasteiger partial charge in [0.25, 0.3) is 5.91 Å². The fourth-order valence-corrected chi connectivity index (χ4v) is 5.70. The van der Waals surface area contributed by atoms with Gasteiger partial charge in [-0.3, -0.25) is 4.79 Å². The second-order valence-electron chi connectivity index (χ2n) is 9.43. The summed E-state index contributed by atoms with van der Waals surface area (Å²) in [5.74, 6) is -0.271. The summed E-state index contributed by atoms with van der Waals surface area (Å²) >= 11 is 6.17. The summed E-state index contributed by atoms with van der Waals surface area (Å²) in [6, 6.07) is 5.18. The zero-order valence-corrected chi connectivity index (χ0v) is 19.3. The lowest BCUT2D eigenvalue weighted by atomic mass is 10.0. The third-order valence-corrected chi connectivity index (χ3v) is 7.79. The Morgan fingerprint density at radius 2 is 1.97 bits per heavy atom. The standard InChI is InChI=1S/C24H25ClFN5O2/c1-13-20(25)11-31-23(27-13)19-10-30(12-21(19)28-31)24(32)18-6-3-14(26)7-22(18)33-17-8-15-4-5-16(9-17)29(15)2/h3,6-7,11,15-17H,4-5,8-10,12H2,1-2H3/t15-,16+,17?. The van der Waals surface area contributed by atoms with E-state index in [0.29, 0.717) is 47.2 Å². The number of piperidine rings is 1. The van der Waals surface area contributed by atoms with Crippen LogP contribution in [-0.2, 0) is 13.1 Å². The third-order valence-electron chi connectivity index (χ3n) is 7.42. The summed E-state index contributed by atoms with van der Waals surface area (Å²) < 4.78 is 22.1. The normalized spacial score (nSPS) is 24.5. The van der Waals surface area contributed by atoms with Crippen LogP contribution in [0.5, 0.6) is 5.75 Å². The van der Waals surface area contributed by atoms with Gasteiger partial charge >= 0.3 is 0 Å². The lowest BCUT2D eigenvalue weighted by molar-refractivity contribution is 0.0622. The van der Waals surface area contributed by atoms with E-state index in [2.05, 4.69) is 22.0 Å². The molecule has 3 atom stereocenters. The van der Waals surface area contributed by atoms with Crippen molar-refractivity contribution in [3.8, 4) is 5.75 Å². The van der Waals surface area contributed by atoms with Crippen molar-refractivity contribution in [2.75, 3.05) is 7.05 Å². The van der Waals surface area contributed by atoms with E-state index in [4.69, 9.17) is 16.3 Å². The Labute approximate surface area is 196 Å². The zero-order chi connectivity index (χ0) is 22.9. The Morgan fingerprint density at radius 3 is 2.73 bits per heavy atom. The highest BCUT2D eigenvalue weighted by atomic mass is 35.5. The summed E-state index contributed by atoms with van der Waals surface area (Å²) in [4.78, 5) is 22.2. The van der Waals surface area contributed by atoms with Crippen LogP contribution >= 0.6 is 11.6 Å². The molecular weight excluding hydrogens is 445 g/mol. The smallest absolute Gasteiger partial charge is 0.258 e. The molecule has 2 fully saturated rings. The van der Waals surface area contributed by atoms with E-state index in [1.165, 1.54) is 31.0 Å². The minimum absolute atomic E-state index is 0.0102. The van der Waals surface area contributed by atoms with Gasteiger partial charge in [0.05, 0.1) is 41.3 Å². The minimum Gasteiger partial charge on any atom is -0.489 e. The molecule has 2 saturated heterocycles. The van der Waals surface area contributed by atoms with Crippen molar-refractivity contribution >= 4 is 23.2 Å². The number of nitrogens with zero attached hydrogens (tertiary/aromatic N) is 5. The molecule has 0 N–H and O–H groups in total. The first-order valence-corrected chi connectivity index (χ1v) is 11.8. The molecular formula is C24H25ClFN5O2. The van der Waals surface area contributed by atoms with Crippen LogP contribution in [0.2, 0.25) is 5.02 Å². The van der Waals surface area contributed by atoms with Gasteiger partial charge in [0.1, 0.15) is 17.7 Å². The van der Waals surface area contributed by atoms with Crippen molar-refractivity contribution in [1.82, 2.24) is 24.4 Å². The number of halogens is 2. The van der Waals surface area contributed by atoms with E-state index in [0.717, 1.165) is 29.8 Å². The van der Waals surface area contributed by atoms with E-state index < -0.39 is 5.82 Å². The molecule has 3 aromatic rings. The van der Waals surface area contributed by atoms with E-state index in [1.54, 1.807) is 15.6 Å². The highest BCUT2D eigenvalue weighted by molar-refractivity contribution is 6.31. The van der Waals surface area contributed by atoms with Crippen molar-refractivity contribution in [3.05, 3.63) is 57.8 Å². The monoisotopic (exact) mass is 469 g/mol. The maximum atomic E-state index is 14.1.